The molecule has 0 unspecified atom stereocenters. The number of alkyl carbamates (subject to hydrolysis) is 3. The molecule has 0 heterocycles. The van der Waals surface area contributed by atoms with Crippen LogP contribution in [0, 0.1) is 17.8 Å². The molecule has 0 aromatic heterocycles. The number of benzene rings is 2. The Hall–Kier alpha value is -7.53. The van der Waals surface area contributed by atoms with Crippen molar-refractivity contribution in [3.8, 4) is 0 Å². The van der Waals surface area contributed by atoms with Crippen LogP contribution in [0.5, 0.6) is 0 Å². The number of esters is 2. The van der Waals surface area contributed by atoms with Gasteiger partial charge in [0.1, 0.15) is 65.4 Å². The van der Waals surface area contributed by atoms with Crippen LogP contribution in [0.15, 0.2) is 60.7 Å². The molecule has 0 fully saturated rings. The highest BCUT2D eigenvalue weighted by Gasteiger charge is 2.31. The predicted octanol–water partition coefficient (Wildman–Crippen LogP) is 11.6. The Balaban J connectivity index is -0.000000134. The van der Waals surface area contributed by atoms with Gasteiger partial charge in [-0.25, -0.2) is 38.4 Å². The van der Waals surface area contributed by atoms with Gasteiger partial charge in [0, 0.05) is 0 Å². The molecule has 2 aromatic rings. The van der Waals surface area contributed by atoms with Crippen LogP contribution >= 0.6 is 12.4 Å². The molecular weight excluding hydrogens is 1270 g/mol. The van der Waals surface area contributed by atoms with Crippen molar-refractivity contribution in [2.24, 2.45) is 29.2 Å². The van der Waals surface area contributed by atoms with Gasteiger partial charge in [0.2, 0.25) is 0 Å². The van der Waals surface area contributed by atoms with E-state index >= 15 is 0 Å². The third-order valence-electron chi connectivity index (χ3n) is 9.81. The van der Waals surface area contributed by atoms with Crippen molar-refractivity contribution in [1.29, 1.82) is 0 Å². The fourth-order valence-corrected chi connectivity index (χ4v) is 5.44. The van der Waals surface area contributed by atoms with Gasteiger partial charge in [0.05, 0.1) is 12.2 Å². The van der Waals surface area contributed by atoms with Gasteiger partial charge in [0.15, 0.2) is 6.04 Å². The number of carboxylic acids is 3. The number of aliphatic carboxylic acids is 3. The van der Waals surface area contributed by atoms with E-state index in [-0.39, 0.29) is 72.4 Å². The number of carbonyl (C=O) groups excluding carboxylic acids is 7. The van der Waals surface area contributed by atoms with Crippen LogP contribution in [0.4, 0.5) is 24.0 Å². The van der Waals surface area contributed by atoms with E-state index in [9.17, 15) is 47.9 Å². The molecule has 3 amide bonds. The summed E-state index contributed by atoms with van der Waals surface area (Å²) in [5.74, 6) is -4.54. The average molecular weight is 1390 g/mol. The van der Waals surface area contributed by atoms with E-state index in [1.165, 1.54) is 13.8 Å². The first kappa shape index (κ1) is 106. The summed E-state index contributed by atoms with van der Waals surface area (Å²) in [5.41, 5.74) is 9.11. The van der Waals surface area contributed by atoms with Crippen molar-refractivity contribution >= 4 is 72.8 Å². The summed E-state index contributed by atoms with van der Waals surface area (Å²) >= 11 is 0. The molecule has 0 spiro atoms. The van der Waals surface area contributed by atoms with Crippen molar-refractivity contribution in [3.63, 3.8) is 0 Å². The van der Waals surface area contributed by atoms with Crippen LogP contribution in [0.2, 0.25) is 0 Å². The molecule has 0 bridgehead atoms. The number of carboxylic acid groups (broad SMARTS) is 3. The monoisotopic (exact) mass is 1390 g/mol. The summed E-state index contributed by atoms with van der Waals surface area (Å²) in [4.78, 5) is 111. The number of aliphatic hydroxyl groups is 2. The summed E-state index contributed by atoms with van der Waals surface area (Å²) in [6, 6.07) is 14.3. The van der Waals surface area contributed by atoms with Gasteiger partial charge in [-0.15, -0.1) is 12.4 Å². The van der Waals surface area contributed by atoms with Gasteiger partial charge in [-0.05, 0) is 147 Å². The summed E-state index contributed by atoms with van der Waals surface area (Å²) in [7, 11) is 0. The van der Waals surface area contributed by atoms with E-state index in [0.29, 0.717) is 6.61 Å². The predicted molar refractivity (Wildman–Crippen MR) is 366 cm³/mol. The summed E-state index contributed by atoms with van der Waals surface area (Å²) < 4.78 is 39.1. The number of ether oxygens (including phenoxy) is 8. The SMILES string of the molecule is C.C.C.C.CC(C)(C)OC(=O)OC(=O)OC(C)(C)C.CC(C)[C@H](N)C(=O)OCc1ccccc1.CC(C)[C@H](NC(=O)OC(C)(C)C)C(=O)O.CC(C)[C@H](NC(=O)OC(C)(C)C)C(=O)OCc1ccccc1.C[C@@H](O)[C@H](N)C(=O)O.C[C@@H](O)[C@H](NC(=O)OC(C)(C)C)C(=O)O.Cl. The molecule has 7 atom stereocenters. The number of amides is 3. The number of nitrogens with two attached hydrogens (primary N) is 2. The number of halogens is 1. The molecule has 0 saturated carbocycles. The van der Waals surface area contributed by atoms with E-state index < -0.39 is 125 Å². The Bertz CT molecular complexity index is 2400. The van der Waals surface area contributed by atoms with Crippen LogP contribution in [0.25, 0.3) is 0 Å². The molecule has 0 aliphatic carbocycles. The molecular formula is C66H122ClN5O23. The number of hydrogen-bond donors (Lipinski definition) is 10. The van der Waals surface area contributed by atoms with Crippen molar-refractivity contribution in [2.45, 2.75) is 273 Å². The lowest BCUT2D eigenvalue weighted by Crippen LogP contribution is -2.49. The first-order valence-corrected chi connectivity index (χ1v) is 28.7. The van der Waals surface area contributed by atoms with Crippen LogP contribution in [-0.4, -0.2) is 156 Å². The second kappa shape index (κ2) is 50.8. The van der Waals surface area contributed by atoms with Crippen LogP contribution in [-0.2, 0) is 75.1 Å². The van der Waals surface area contributed by atoms with Crippen LogP contribution < -0.4 is 27.4 Å². The van der Waals surface area contributed by atoms with Gasteiger partial charge in [0.25, 0.3) is 0 Å². The quantitative estimate of drug-likeness (QED) is 0.0399. The standard InChI is InChI=1S/C17H25NO4.C12H17NO2.C10H19NO4.C10H18O5.C9H17NO5.C4H9NO3.4CH4.ClH/c1-12(2)14(18-16(20)22-17(3,4)5)15(19)21-11-13-9-7-6-8-10-13;1-9(2)11(13)12(14)15-8-10-6-4-3-5-7-10;1-6(2)7(8(12)13)11-9(14)15-10(3,4)5;1-9(2,3)14-7(11)13-8(12)15-10(4,5)6;1-5(11)6(7(12)13)10-8(14)15-9(2,3)4;1-2(6)3(5)4(7)8;;;;;/h6-10,12,14H,11H2,1-5H3,(H,18,20);3-7,9,11H,8,13H2,1-2H3;6-7H,1-5H3,(H,11,14)(H,12,13);1-6H3;5-6,11H,1-4H3,(H,10,14)(H,12,13);2-3,6H,5H2,1H3,(H,7,8);4*1H4;1H/t14-;11-;7-;;5-,6+;2-,3+;;;;;/m000.11...../s1. The highest BCUT2D eigenvalue weighted by Crippen LogP contribution is 2.15. The maximum absolute atomic E-state index is 12.2. The summed E-state index contributed by atoms with van der Waals surface area (Å²) in [6.07, 6.45) is -6.47. The zero-order valence-electron chi connectivity index (χ0n) is 57.1. The van der Waals surface area contributed by atoms with Crippen molar-refractivity contribution in [2.75, 3.05) is 0 Å². The Morgan fingerprint density at radius 2 is 0.663 bits per heavy atom. The molecule has 0 aliphatic heterocycles. The maximum Gasteiger partial charge on any atom is 0.519 e. The molecule has 12 N–H and O–H groups in total. The second-order valence-electron chi connectivity index (χ2n) is 25.9. The molecule has 29 heteroatoms. The molecule has 0 radical (unpaired) electrons. The van der Waals surface area contributed by atoms with E-state index in [1.54, 1.807) is 118 Å². The van der Waals surface area contributed by atoms with E-state index in [2.05, 4.69) is 20.7 Å². The minimum absolute atomic E-state index is 0. The smallest absolute Gasteiger partial charge is 0.480 e. The Morgan fingerprint density at radius 3 is 0.884 bits per heavy atom. The van der Waals surface area contributed by atoms with Gasteiger partial charge in [-0.3, -0.25) is 9.59 Å². The zero-order valence-corrected chi connectivity index (χ0v) is 57.9. The second-order valence-corrected chi connectivity index (χ2v) is 25.9. The van der Waals surface area contributed by atoms with Crippen molar-refractivity contribution < 1.29 is 111 Å². The van der Waals surface area contributed by atoms with Crippen molar-refractivity contribution in [3.05, 3.63) is 71.8 Å². The molecule has 95 heavy (non-hydrogen) atoms. The van der Waals surface area contributed by atoms with E-state index in [0.717, 1.165) is 11.1 Å². The van der Waals surface area contributed by atoms with Gasteiger partial charge >= 0.3 is 60.4 Å². The molecule has 0 saturated heterocycles. The number of carbonyl (C=O) groups is 10. The highest BCUT2D eigenvalue weighted by molar-refractivity contribution is 5.85. The van der Waals surface area contributed by atoms with E-state index in [1.807, 2.05) is 88.4 Å². The fraction of sp³-hybridized carbons (Fsp3) is 0.667. The van der Waals surface area contributed by atoms with Crippen molar-refractivity contribution in [1.82, 2.24) is 16.0 Å². The minimum atomic E-state index is -1.36. The number of hydrogen-bond acceptors (Lipinski definition) is 22. The summed E-state index contributed by atoms with van der Waals surface area (Å²) in [5, 5.41) is 50.1. The zero-order chi connectivity index (χ0) is 71.5. The number of nitrogens with one attached hydrogen (secondary N) is 3. The average Bonchev–Trinajstić information content (AvgIpc) is 1.01. The number of rotatable bonds is 17. The lowest BCUT2D eigenvalue weighted by atomic mass is 10.1. The number of aliphatic hydroxyl groups excluding tert-OH is 2. The van der Waals surface area contributed by atoms with Gasteiger partial charge in [-0.2, -0.15) is 0 Å². The van der Waals surface area contributed by atoms with E-state index in [4.69, 9.17) is 70.2 Å². The molecule has 2 rings (SSSR count). The summed E-state index contributed by atoms with van der Waals surface area (Å²) in [6.45, 7) is 39.4. The topological polar surface area (TPSA) is 434 Å². The fourth-order valence-electron chi connectivity index (χ4n) is 5.44. The molecule has 2 aromatic carbocycles. The third kappa shape index (κ3) is 62.4. The van der Waals surface area contributed by atoms with Crippen LogP contribution in [0.1, 0.15) is 200 Å². The van der Waals surface area contributed by atoms with Crippen LogP contribution in [0.3, 0.4) is 0 Å². The van der Waals surface area contributed by atoms with Gasteiger partial charge < -0.3 is 90.8 Å². The Morgan fingerprint density at radius 1 is 0.389 bits per heavy atom. The minimum Gasteiger partial charge on any atom is -0.480 e. The van der Waals surface area contributed by atoms with Gasteiger partial charge in [-0.1, -0.05) is 132 Å². The molecule has 28 nitrogen and oxygen atoms in total. The lowest BCUT2D eigenvalue weighted by Gasteiger charge is -2.24. The Labute approximate surface area is 571 Å². The maximum atomic E-state index is 12.2. The molecule has 0 aliphatic rings. The Kier molecular flexibility index (Phi) is 56.8. The highest BCUT2D eigenvalue weighted by atomic mass is 35.5. The first-order chi connectivity index (χ1) is 40.6. The first-order valence-electron chi connectivity index (χ1n) is 28.7. The largest absolute Gasteiger partial charge is 0.519 e. The lowest BCUT2D eigenvalue weighted by molar-refractivity contribution is -0.149. The normalized spacial score (nSPS) is 12.8. The molecule has 556 valence electrons. The third-order valence-corrected chi connectivity index (χ3v) is 9.81.